The van der Waals surface area contributed by atoms with Crippen LogP contribution in [0.5, 0.6) is 0 Å². The molecule has 4 nitrogen and oxygen atoms in total. The summed E-state index contributed by atoms with van der Waals surface area (Å²) < 4.78 is 0. The van der Waals surface area contributed by atoms with Crippen LogP contribution < -0.4 is 11.1 Å². The molecule has 1 rings (SSSR count). The third kappa shape index (κ3) is 4.94. The lowest BCUT2D eigenvalue weighted by atomic mass is 10.0. The topological polar surface area (TPSA) is 58.4 Å². The quantitative estimate of drug-likeness (QED) is 0.759. The van der Waals surface area contributed by atoms with Gasteiger partial charge >= 0.3 is 0 Å². The molecule has 0 aliphatic heterocycles. The van der Waals surface area contributed by atoms with Gasteiger partial charge in [0.15, 0.2) is 0 Å². The number of amides is 1. The molecule has 0 saturated carbocycles. The summed E-state index contributed by atoms with van der Waals surface area (Å²) in [6.45, 7) is 6.44. The molecule has 0 aliphatic carbocycles. The van der Waals surface area contributed by atoms with Crippen molar-refractivity contribution in [3.8, 4) is 0 Å². The van der Waals surface area contributed by atoms with E-state index in [0.717, 1.165) is 30.5 Å². The minimum atomic E-state index is -0.00778. The number of benzene rings is 1. The van der Waals surface area contributed by atoms with E-state index in [1.165, 1.54) is 0 Å². The van der Waals surface area contributed by atoms with Crippen molar-refractivity contribution in [1.82, 2.24) is 10.2 Å². The maximum absolute atomic E-state index is 12.2. The fourth-order valence-electron chi connectivity index (χ4n) is 2.09. The zero-order chi connectivity index (χ0) is 15.0. The lowest BCUT2D eigenvalue weighted by molar-refractivity contribution is 0.0946. The molecule has 1 aromatic rings. The molecule has 1 atom stereocenters. The van der Waals surface area contributed by atoms with Gasteiger partial charge in [-0.1, -0.05) is 25.1 Å². The SMILES string of the molecule is CCC(C)N(C)CCNC(=O)c1ccccc1CCN. The molecule has 0 heterocycles. The maximum atomic E-state index is 12.2. The van der Waals surface area contributed by atoms with Gasteiger partial charge in [0.2, 0.25) is 0 Å². The number of nitrogens with two attached hydrogens (primary N) is 1. The van der Waals surface area contributed by atoms with E-state index >= 15 is 0 Å². The standard InChI is InChI=1S/C16H27N3O/c1-4-13(2)19(3)12-11-18-16(20)15-8-6-5-7-14(15)9-10-17/h5-8,13H,4,9-12,17H2,1-3H3,(H,18,20). The zero-order valence-corrected chi connectivity index (χ0v) is 12.9. The van der Waals surface area contributed by atoms with Gasteiger partial charge in [0, 0.05) is 24.7 Å². The van der Waals surface area contributed by atoms with Crippen LogP contribution in [0.25, 0.3) is 0 Å². The van der Waals surface area contributed by atoms with E-state index in [1.54, 1.807) is 0 Å². The van der Waals surface area contributed by atoms with Crippen molar-refractivity contribution in [2.24, 2.45) is 5.73 Å². The van der Waals surface area contributed by atoms with E-state index in [0.29, 0.717) is 19.1 Å². The minimum absolute atomic E-state index is 0.00778. The smallest absolute Gasteiger partial charge is 0.251 e. The van der Waals surface area contributed by atoms with Crippen molar-refractivity contribution in [2.45, 2.75) is 32.7 Å². The molecule has 20 heavy (non-hydrogen) atoms. The van der Waals surface area contributed by atoms with E-state index in [9.17, 15) is 4.79 Å². The summed E-state index contributed by atoms with van der Waals surface area (Å²) in [6.07, 6.45) is 1.85. The van der Waals surface area contributed by atoms with Crippen LogP contribution in [0, 0.1) is 0 Å². The van der Waals surface area contributed by atoms with Gasteiger partial charge in [-0.3, -0.25) is 4.79 Å². The number of carbonyl (C=O) groups excluding carboxylic acids is 1. The van der Waals surface area contributed by atoms with Crippen LogP contribution in [0.2, 0.25) is 0 Å². The average Bonchev–Trinajstić information content (AvgIpc) is 2.47. The highest BCUT2D eigenvalue weighted by atomic mass is 16.1. The lowest BCUT2D eigenvalue weighted by Gasteiger charge is -2.23. The normalized spacial score (nSPS) is 12.4. The monoisotopic (exact) mass is 277 g/mol. The van der Waals surface area contributed by atoms with Crippen LogP contribution in [-0.2, 0) is 6.42 Å². The van der Waals surface area contributed by atoms with Crippen LogP contribution in [0.15, 0.2) is 24.3 Å². The number of likely N-dealkylation sites (N-methyl/N-ethyl adjacent to an activating group) is 1. The number of carbonyl (C=O) groups is 1. The van der Waals surface area contributed by atoms with Crippen LogP contribution in [0.4, 0.5) is 0 Å². The summed E-state index contributed by atoms with van der Waals surface area (Å²) in [6, 6.07) is 8.20. The molecular weight excluding hydrogens is 250 g/mol. The summed E-state index contributed by atoms with van der Waals surface area (Å²) in [5, 5.41) is 2.99. The third-order valence-corrected chi connectivity index (χ3v) is 3.77. The van der Waals surface area contributed by atoms with Crippen molar-refractivity contribution >= 4 is 5.91 Å². The number of hydrogen-bond acceptors (Lipinski definition) is 3. The number of hydrogen-bond donors (Lipinski definition) is 2. The Bertz CT molecular complexity index is 420. The van der Waals surface area contributed by atoms with Crippen LogP contribution in [0.1, 0.15) is 36.2 Å². The highest BCUT2D eigenvalue weighted by Crippen LogP contribution is 2.09. The molecule has 1 unspecified atom stereocenters. The van der Waals surface area contributed by atoms with Gasteiger partial charge < -0.3 is 16.0 Å². The highest BCUT2D eigenvalue weighted by molar-refractivity contribution is 5.95. The Labute approximate surface area is 122 Å². The van der Waals surface area contributed by atoms with Crippen LogP contribution in [0.3, 0.4) is 0 Å². The summed E-state index contributed by atoms with van der Waals surface area (Å²) >= 11 is 0. The average molecular weight is 277 g/mol. The van der Waals surface area contributed by atoms with Gasteiger partial charge in [-0.15, -0.1) is 0 Å². The molecule has 3 N–H and O–H groups in total. The molecule has 0 radical (unpaired) electrons. The van der Waals surface area contributed by atoms with Gasteiger partial charge in [-0.25, -0.2) is 0 Å². The Morgan fingerprint density at radius 2 is 2.10 bits per heavy atom. The van der Waals surface area contributed by atoms with E-state index < -0.39 is 0 Å². The molecule has 0 bridgehead atoms. The Hall–Kier alpha value is -1.39. The van der Waals surface area contributed by atoms with Crippen LogP contribution >= 0.6 is 0 Å². The third-order valence-electron chi connectivity index (χ3n) is 3.77. The molecule has 0 spiro atoms. The number of nitrogens with zero attached hydrogens (tertiary/aromatic N) is 1. The van der Waals surface area contributed by atoms with Crippen molar-refractivity contribution in [2.75, 3.05) is 26.7 Å². The number of nitrogens with one attached hydrogen (secondary N) is 1. The molecule has 0 saturated heterocycles. The van der Waals surface area contributed by atoms with Gasteiger partial charge in [-0.05, 0) is 45.0 Å². The first-order valence-corrected chi connectivity index (χ1v) is 7.36. The summed E-state index contributed by atoms with van der Waals surface area (Å²) in [5.41, 5.74) is 7.34. The molecule has 0 aromatic heterocycles. The molecule has 1 amide bonds. The fourth-order valence-corrected chi connectivity index (χ4v) is 2.09. The molecule has 4 heteroatoms. The highest BCUT2D eigenvalue weighted by Gasteiger charge is 2.11. The van der Waals surface area contributed by atoms with Gasteiger partial charge in [0.25, 0.3) is 5.91 Å². The van der Waals surface area contributed by atoms with E-state index in [1.807, 2.05) is 24.3 Å². The largest absolute Gasteiger partial charge is 0.351 e. The van der Waals surface area contributed by atoms with E-state index in [2.05, 4.69) is 31.1 Å². The van der Waals surface area contributed by atoms with Crippen molar-refractivity contribution in [3.05, 3.63) is 35.4 Å². The van der Waals surface area contributed by atoms with Crippen molar-refractivity contribution in [3.63, 3.8) is 0 Å². The molecule has 112 valence electrons. The second kappa shape index (κ2) is 8.72. The second-order valence-electron chi connectivity index (χ2n) is 5.19. The van der Waals surface area contributed by atoms with Gasteiger partial charge in [0.05, 0.1) is 0 Å². The number of rotatable bonds is 8. The van der Waals surface area contributed by atoms with E-state index in [4.69, 9.17) is 5.73 Å². The Kier molecular flexibility index (Phi) is 7.26. The summed E-state index contributed by atoms with van der Waals surface area (Å²) in [7, 11) is 2.09. The van der Waals surface area contributed by atoms with Crippen molar-refractivity contribution < 1.29 is 4.79 Å². The lowest BCUT2D eigenvalue weighted by Crippen LogP contribution is -2.37. The van der Waals surface area contributed by atoms with Gasteiger partial charge in [0.1, 0.15) is 0 Å². The predicted octanol–water partition coefficient (Wildman–Crippen LogP) is 1.65. The first kappa shape index (κ1) is 16.7. The Morgan fingerprint density at radius 3 is 2.75 bits per heavy atom. The molecule has 0 aliphatic rings. The van der Waals surface area contributed by atoms with E-state index in [-0.39, 0.29) is 5.91 Å². The molecule has 1 aromatic carbocycles. The summed E-state index contributed by atoms with van der Waals surface area (Å²) in [4.78, 5) is 14.4. The van der Waals surface area contributed by atoms with Crippen LogP contribution in [-0.4, -0.2) is 43.5 Å². The fraction of sp³-hybridized carbons (Fsp3) is 0.562. The predicted molar refractivity (Wildman–Crippen MR) is 83.9 cm³/mol. The summed E-state index contributed by atoms with van der Waals surface area (Å²) in [5.74, 6) is -0.00778. The first-order valence-electron chi connectivity index (χ1n) is 7.36. The zero-order valence-electron chi connectivity index (χ0n) is 12.9. The first-order chi connectivity index (χ1) is 9.60. The van der Waals surface area contributed by atoms with Crippen molar-refractivity contribution in [1.29, 1.82) is 0 Å². The Morgan fingerprint density at radius 1 is 1.40 bits per heavy atom. The minimum Gasteiger partial charge on any atom is -0.351 e. The Balaban J connectivity index is 2.51. The molecular formula is C16H27N3O. The maximum Gasteiger partial charge on any atom is 0.251 e. The van der Waals surface area contributed by atoms with Gasteiger partial charge in [-0.2, -0.15) is 0 Å². The second-order valence-corrected chi connectivity index (χ2v) is 5.19. The molecule has 0 fully saturated rings.